The quantitative estimate of drug-likeness (QED) is 0.495. The molecule has 0 spiro atoms. The zero-order valence-corrected chi connectivity index (χ0v) is 17.7. The molecule has 1 heterocycles. The monoisotopic (exact) mass is 444 g/mol. The number of piperazine rings is 1. The first-order chi connectivity index (χ1) is 14.9. The smallest absolute Gasteiger partial charge is 0.292 e. The molecule has 31 heavy (non-hydrogen) atoms. The van der Waals surface area contributed by atoms with Crippen LogP contribution >= 0.6 is 0 Å². The van der Waals surface area contributed by atoms with Crippen molar-refractivity contribution in [3.05, 3.63) is 75.7 Å². The number of nitrogens with one attached hydrogen (secondary N) is 1. The molecule has 1 aliphatic rings. The molecule has 0 unspecified atom stereocenters. The van der Waals surface area contributed by atoms with Crippen LogP contribution in [0, 0.1) is 10.1 Å². The Morgan fingerprint density at radius 3 is 2.35 bits per heavy atom. The molecule has 1 N–H and O–H groups in total. The fourth-order valence-electron chi connectivity index (χ4n) is 3.25. The molecular formula is C21H24N4O5S. The Morgan fingerprint density at radius 1 is 1.03 bits per heavy atom. The minimum Gasteiger partial charge on any atom is -0.379 e. The van der Waals surface area contributed by atoms with E-state index >= 15 is 0 Å². The van der Waals surface area contributed by atoms with Gasteiger partial charge >= 0.3 is 0 Å². The van der Waals surface area contributed by atoms with Crippen molar-refractivity contribution in [3.8, 4) is 0 Å². The molecule has 0 aromatic heterocycles. The van der Waals surface area contributed by atoms with Gasteiger partial charge in [0.25, 0.3) is 5.69 Å². The van der Waals surface area contributed by atoms with Gasteiger partial charge in [0.2, 0.25) is 15.9 Å². The van der Waals surface area contributed by atoms with Gasteiger partial charge in [0.1, 0.15) is 5.69 Å². The van der Waals surface area contributed by atoms with Crippen LogP contribution in [0.25, 0.3) is 6.08 Å². The number of carbonyl (C=O) groups is 1. The molecule has 0 aliphatic carbocycles. The molecule has 2 aromatic rings. The van der Waals surface area contributed by atoms with Gasteiger partial charge in [0.05, 0.1) is 4.92 Å². The summed E-state index contributed by atoms with van der Waals surface area (Å²) in [5, 5.41) is 15.2. The van der Waals surface area contributed by atoms with Gasteiger partial charge in [-0.3, -0.25) is 14.9 Å². The summed E-state index contributed by atoms with van der Waals surface area (Å²) in [5.74, 6) is -0.122. The van der Waals surface area contributed by atoms with Gasteiger partial charge < -0.3 is 10.2 Å². The SMILES string of the molecule is O=C(CCNc1ccccc1[N+](=O)[O-])N1CCN(S(=O)(=O)/C=C/c2ccccc2)CC1. The van der Waals surface area contributed by atoms with Crippen LogP contribution in [0.1, 0.15) is 12.0 Å². The summed E-state index contributed by atoms with van der Waals surface area (Å²) in [6.45, 7) is 1.32. The van der Waals surface area contributed by atoms with E-state index in [0.29, 0.717) is 18.8 Å². The Balaban J connectivity index is 1.47. The molecule has 0 bridgehead atoms. The minimum atomic E-state index is -3.56. The number of sulfonamides is 1. The maximum absolute atomic E-state index is 12.5. The Labute approximate surface area is 181 Å². The Morgan fingerprint density at radius 2 is 1.68 bits per heavy atom. The highest BCUT2D eigenvalue weighted by Crippen LogP contribution is 2.23. The Hall–Kier alpha value is -3.24. The number of carbonyl (C=O) groups excluding carboxylic acids is 1. The molecule has 9 nitrogen and oxygen atoms in total. The molecule has 1 fully saturated rings. The van der Waals surface area contributed by atoms with Crippen LogP contribution in [0.15, 0.2) is 60.0 Å². The summed E-state index contributed by atoms with van der Waals surface area (Å²) < 4.78 is 26.4. The number of para-hydroxylation sites is 2. The summed E-state index contributed by atoms with van der Waals surface area (Å²) >= 11 is 0. The van der Waals surface area contributed by atoms with E-state index in [1.807, 2.05) is 30.3 Å². The predicted octanol–water partition coefficient (Wildman–Crippen LogP) is 2.54. The normalized spacial score (nSPS) is 15.2. The van der Waals surface area contributed by atoms with Crippen molar-refractivity contribution in [1.29, 1.82) is 0 Å². The minimum absolute atomic E-state index is 0.0441. The molecule has 0 saturated carbocycles. The number of benzene rings is 2. The van der Waals surface area contributed by atoms with Gasteiger partial charge in [-0.1, -0.05) is 42.5 Å². The van der Waals surface area contributed by atoms with Crippen molar-refractivity contribution in [2.45, 2.75) is 6.42 Å². The largest absolute Gasteiger partial charge is 0.379 e. The van der Waals surface area contributed by atoms with E-state index in [1.54, 1.807) is 29.2 Å². The molecule has 1 amide bonds. The fourth-order valence-corrected chi connectivity index (χ4v) is 4.42. The highest BCUT2D eigenvalue weighted by atomic mass is 32.2. The van der Waals surface area contributed by atoms with Gasteiger partial charge in [-0.2, -0.15) is 4.31 Å². The molecule has 0 radical (unpaired) electrons. The highest BCUT2D eigenvalue weighted by molar-refractivity contribution is 7.92. The summed E-state index contributed by atoms with van der Waals surface area (Å²) in [7, 11) is -3.56. The molecular weight excluding hydrogens is 420 g/mol. The van der Waals surface area contributed by atoms with E-state index in [2.05, 4.69) is 5.32 Å². The first-order valence-electron chi connectivity index (χ1n) is 9.85. The van der Waals surface area contributed by atoms with Crippen LogP contribution < -0.4 is 5.32 Å². The summed E-state index contributed by atoms with van der Waals surface area (Å²) in [6.07, 6.45) is 1.72. The number of nitrogens with zero attached hydrogens (tertiary/aromatic N) is 3. The second-order valence-electron chi connectivity index (χ2n) is 6.99. The van der Waals surface area contributed by atoms with Crippen LogP contribution in [0.4, 0.5) is 11.4 Å². The highest BCUT2D eigenvalue weighted by Gasteiger charge is 2.27. The van der Waals surface area contributed by atoms with Crippen LogP contribution in [-0.2, 0) is 14.8 Å². The van der Waals surface area contributed by atoms with Gasteiger partial charge in [-0.25, -0.2) is 8.42 Å². The number of hydrogen-bond acceptors (Lipinski definition) is 6. The van der Waals surface area contributed by atoms with Gasteiger partial charge in [0, 0.05) is 50.6 Å². The maximum Gasteiger partial charge on any atom is 0.292 e. The molecule has 3 rings (SSSR count). The van der Waals surface area contributed by atoms with Gasteiger partial charge in [0.15, 0.2) is 0 Å². The van der Waals surface area contributed by atoms with E-state index in [9.17, 15) is 23.3 Å². The maximum atomic E-state index is 12.5. The lowest BCUT2D eigenvalue weighted by molar-refractivity contribution is -0.384. The lowest BCUT2D eigenvalue weighted by atomic mass is 10.2. The first kappa shape index (κ1) is 22.4. The van der Waals surface area contributed by atoms with Crippen LogP contribution in [0.2, 0.25) is 0 Å². The average Bonchev–Trinajstić information content (AvgIpc) is 2.79. The average molecular weight is 445 g/mol. The topological polar surface area (TPSA) is 113 Å². The van der Waals surface area contributed by atoms with Crippen molar-refractivity contribution >= 4 is 33.4 Å². The standard InChI is InChI=1S/C21H24N4O5S/c26-21(10-12-22-19-8-4-5-9-20(19)25(27)28)23-13-15-24(16-14-23)31(29,30)17-11-18-6-2-1-3-7-18/h1-9,11,17,22H,10,12-16H2/b17-11+. The lowest BCUT2D eigenvalue weighted by Gasteiger charge is -2.33. The van der Waals surface area contributed by atoms with Crippen molar-refractivity contribution < 1.29 is 18.1 Å². The number of anilines is 1. The van der Waals surface area contributed by atoms with Crippen molar-refractivity contribution in [2.24, 2.45) is 0 Å². The van der Waals surface area contributed by atoms with E-state index in [0.717, 1.165) is 5.56 Å². The van der Waals surface area contributed by atoms with Crippen molar-refractivity contribution in [3.63, 3.8) is 0 Å². The zero-order valence-electron chi connectivity index (χ0n) is 16.9. The summed E-state index contributed by atoms with van der Waals surface area (Å²) in [5.41, 5.74) is 1.12. The Kier molecular flexibility index (Phi) is 7.37. The predicted molar refractivity (Wildman–Crippen MR) is 119 cm³/mol. The van der Waals surface area contributed by atoms with E-state index in [4.69, 9.17) is 0 Å². The number of nitro groups is 1. The third kappa shape index (κ3) is 6.12. The second-order valence-corrected chi connectivity index (χ2v) is 8.81. The van der Waals surface area contributed by atoms with Crippen molar-refractivity contribution in [2.75, 3.05) is 38.0 Å². The van der Waals surface area contributed by atoms with Crippen LogP contribution in [-0.4, -0.2) is 61.2 Å². The third-order valence-corrected chi connectivity index (χ3v) is 6.50. The van der Waals surface area contributed by atoms with E-state index in [-0.39, 0.29) is 37.6 Å². The Bertz CT molecular complexity index is 1050. The summed E-state index contributed by atoms with van der Waals surface area (Å²) in [6, 6.07) is 15.4. The third-order valence-electron chi connectivity index (χ3n) is 4.94. The van der Waals surface area contributed by atoms with Gasteiger partial charge in [-0.05, 0) is 17.7 Å². The lowest BCUT2D eigenvalue weighted by Crippen LogP contribution is -2.50. The van der Waals surface area contributed by atoms with Crippen molar-refractivity contribution in [1.82, 2.24) is 9.21 Å². The van der Waals surface area contributed by atoms with E-state index < -0.39 is 14.9 Å². The first-order valence-corrected chi connectivity index (χ1v) is 11.4. The molecule has 164 valence electrons. The second kappa shape index (κ2) is 10.2. The molecule has 10 heteroatoms. The number of hydrogen-bond donors (Lipinski definition) is 1. The van der Waals surface area contributed by atoms with Gasteiger partial charge in [-0.15, -0.1) is 0 Å². The molecule has 1 saturated heterocycles. The number of rotatable bonds is 8. The zero-order chi connectivity index (χ0) is 22.3. The summed E-state index contributed by atoms with van der Waals surface area (Å²) in [4.78, 5) is 24.6. The van der Waals surface area contributed by atoms with E-state index in [1.165, 1.54) is 15.8 Å². The number of nitro benzene ring substituents is 1. The fraction of sp³-hybridized carbons (Fsp3) is 0.286. The molecule has 2 aromatic carbocycles. The van der Waals surface area contributed by atoms with Crippen LogP contribution in [0.5, 0.6) is 0 Å². The van der Waals surface area contributed by atoms with Crippen LogP contribution in [0.3, 0.4) is 0 Å². The molecule has 1 aliphatic heterocycles. The molecule has 0 atom stereocenters. The number of amides is 1.